The van der Waals surface area contributed by atoms with E-state index < -0.39 is 0 Å². The number of amides is 1. The van der Waals surface area contributed by atoms with Crippen LogP contribution in [-0.4, -0.2) is 45.5 Å². The van der Waals surface area contributed by atoms with Crippen molar-refractivity contribution in [3.05, 3.63) is 35.8 Å². The molecule has 1 amide bonds. The predicted molar refractivity (Wildman–Crippen MR) is 82.9 cm³/mol. The Bertz CT molecular complexity index is 724. The van der Waals surface area contributed by atoms with E-state index in [9.17, 15) is 4.79 Å². The van der Waals surface area contributed by atoms with Gasteiger partial charge in [-0.05, 0) is 38.8 Å². The summed E-state index contributed by atoms with van der Waals surface area (Å²) in [5.41, 5.74) is 2.34. The van der Waals surface area contributed by atoms with Gasteiger partial charge in [0.2, 0.25) is 0 Å². The number of imidazole rings is 1. The van der Waals surface area contributed by atoms with Crippen molar-refractivity contribution >= 4 is 11.6 Å². The molecule has 3 atom stereocenters. The highest BCUT2D eigenvalue weighted by molar-refractivity contribution is 5.94. The molecule has 2 unspecified atom stereocenters. The second-order valence-corrected chi connectivity index (χ2v) is 6.31. The first-order valence-electron chi connectivity index (χ1n) is 8.05. The van der Waals surface area contributed by atoms with Gasteiger partial charge in [-0.1, -0.05) is 6.07 Å². The molecule has 2 aliphatic rings. The molecule has 22 heavy (non-hydrogen) atoms. The standard InChI is InChI=1S/C17H21N3O2/c1-3-22-14-9-13-8-12(14)10-20(13)17(21)16-11(2)19-7-5-4-6-15(19)18-16/h4-7,12-14H,3,8-10H2,1-2H3/t12?,13?,14-/m0/s1. The van der Waals surface area contributed by atoms with Crippen molar-refractivity contribution < 1.29 is 9.53 Å². The molecule has 0 spiro atoms. The van der Waals surface area contributed by atoms with Gasteiger partial charge in [-0.25, -0.2) is 4.98 Å². The molecule has 4 rings (SSSR count). The number of hydrogen-bond donors (Lipinski definition) is 0. The van der Waals surface area contributed by atoms with Crippen molar-refractivity contribution in [1.29, 1.82) is 0 Å². The predicted octanol–water partition coefficient (Wildman–Crippen LogP) is 2.28. The Kier molecular flexibility index (Phi) is 3.18. The third-order valence-electron chi connectivity index (χ3n) is 5.09. The van der Waals surface area contributed by atoms with Crippen LogP contribution in [0.3, 0.4) is 0 Å². The number of piperidine rings is 1. The van der Waals surface area contributed by atoms with E-state index in [0.717, 1.165) is 37.3 Å². The maximum Gasteiger partial charge on any atom is 0.274 e. The van der Waals surface area contributed by atoms with Gasteiger partial charge in [0.25, 0.3) is 5.91 Å². The molecule has 1 aliphatic carbocycles. The zero-order valence-electron chi connectivity index (χ0n) is 13.0. The van der Waals surface area contributed by atoms with Gasteiger partial charge in [-0.3, -0.25) is 4.79 Å². The Labute approximate surface area is 129 Å². The third kappa shape index (κ3) is 1.96. The monoisotopic (exact) mass is 299 g/mol. The molecule has 2 aromatic heterocycles. The van der Waals surface area contributed by atoms with E-state index >= 15 is 0 Å². The molecule has 2 bridgehead atoms. The fourth-order valence-electron chi connectivity index (χ4n) is 4.03. The van der Waals surface area contributed by atoms with Crippen molar-refractivity contribution in [3.63, 3.8) is 0 Å². The number of carbonyl (C=O) groups is 1. The maximum atomic E-state index is 12.9. The van der Waals surface area contributed by atoms with E-state index in [0.29, 0.717) is 23.8 Å². The number of aromatic nitrogens is 2. The summed E-state index contributed by atoms with van der Waals surface area (Å²) in [6, 6.07) is 6.16. The molecule has 2 aromatic rings. The average molecular weight is 299 g/mol. The Morgan fingerprint density at radius 1 is 1.41 bits per heavy atom. The summed E-state index contributed by atoms with van der Waals surface area (Å²) in [7, 11) is 0. The van der Waals surface area contributed by atoms with E-state index in [2.05, 4.69) is 4.98 Å². The number of fused-ring (bicyclic) bond motifs is 3. The first-order valence-corrected chi connectivity index (χ1v) is 8.05. The van der Waals surface area contributed by atoms with Crippen molar-refractivity contribution in [1.82, 2.24) is 14.3 Å². The lowest BCUT2D eigenvalue weighted by Gasteiger charge is -2.31. The van der Waals surface area contributed by atoms with Crippen molar-refractivity contribution in [2.45, 2.75) is 38.8 Å². The Morgan fingerprint density at radius 2 is 2.27 bits per heavy atom. The summed E-state index contributed by atoms with van der Waals surface area (Å²) in [5.74, 6) is 0.565. The van der Waals surface area contributed by atoms with E-state index in [1.807, 2.05) is 47.5 Å². The average Bonchev–Trinajstić information content (AvgIpc) is 3.20. The molecule has 0 N–H and O–H groups in total. The van der Waals surface area contributed by atoms with Crippen molar-refractivity contribution in [3.8, 4) is 0 Å². The molecule has 2 fully saturated rings. The molecule has 3 heterocycles. The van der Waals surface area contributed by atoms with Gasteiger partial charge >= 0.3 is 0 Å². The number of carbonyl (C=O) groups excluding carboxylic acids is 1. The topological polar surface area (TPSA) is 46.8 Å². The summed E-state index contributed by atoms with van der Waals surface area (Å²) in [4.78, 5) is 19.4. The van der Waals surface area contributed by atoms with Gasteiger partial charge in [0, 0.05) is 31.3 Å². The summed E-state index contributed by atoms with van der Waals surface area (Å²) in [6.07, 6.45) is 4.33. The number of pyridine rings is 1. The molecule has 0 aromatic carbocycles. The largest absolute Gasteiger partial charge is 0.378 e. The van der Waals surface area contributed by atoms with E-state index in [1.165, 1.54) is 0 Å². The van der Waals surface area contributed by atoms with E-state index in [1.54, 1.807) is 0 Å². The summed E-state index contributed by atoms with van der Waals surface area (Å²) in [5, 5.41) is 0. The number of ether oxygens (including phenoxy) is 1. The maximum absolute atomic E-state index is 12.9. The van der Waals surface area contributed by atoms with Gasteiger partial charge in [-0.15, -0.1) is 0 Å². The summed E-state index contributed by atoms with van der Waals surface area (Å²) >= 11 is 0. The first-order chi connectivity index (χ1) is 10.7. The van der Waals surface area contributed by atoms with Crippen LogP contribution in [0, 0.1) is 12.8 Å². The van der Waals surface area contributed by atoms with Crippen LogP contribution < -0.4 is 0 Å². The normalized spacial score (nSPS) is 27.0. The van der Waals surface area contributed by atoms with E-state index in [-0.39, 0.29) is 5.91 Å². The number of nitrogens with zero attached hydrogens (tertiary/aromatic N) is 3. The minimum atomic E-state index is 0.0728. The highest BCUT2D eigenvalue weighted by Crippen LogP contribution is 2.40. The number of likely N-dealkylation sites (tertiary alicyclic amines) is 1. The van der Waals surface area contributed by atoms with Gasteiger partial charge in [-0.2, -0.15) is 0 Å². The zero-order chi connectivity index (χ0) is 15.3. The Balaban J connectivity index is 1.59. The van der Waals surface area contributed by atoms with Crippen LogP contribution in [-0.2, 0) is 4.74 Å². The quantitative estimate of drug-likeness (QED) is 0.873. The number of hydrogen-bond acceptors (Lipinski definition) is 3. The third-order valence-corrected chi connectivity index (χ3v) is 5.09. The fourth-order valence-corrected chi connectivity index (χ4v) is 4.03. The van der Waals surface area contributed by atoms with Crippen molar-refractivity contribution in [2.24, 2.45) is 5.92 Å². The highest BCUT2D eigenvalue weighted by atomic mass is 16.5. The number of rotatable bonds is 3. The second-order valence-electron chi connectivity index (χ2n) is 6.31. The molecule has 5 nitrogen and oxygen atoms in total. The lowest BCUT2D eigenvalue weighted by molar-refractivity contribution is 0.00741. The van der Waals surface area contributed by atoms with Crippen LogP contribution >= 0.6 is 0 Å². The van der Waals surface area contributed by atoms with Crippen molar-refractivity contribution in [2.75, 3.05) is 13.2 Å². The van der Waals surface area contributed by atoms with Gasteiger partial charge in [0.1, 0.15) is 11.3 Å². The highest BCUT2D eigenvalue weighted by Gasteiger charge is 2.47. The van der Waals surface area contributed by atoms with Gasteiger partial charge in [0.15, 0.2) is 0 Å². The second kappa shape index (κ2) is 5.09. The smallest absolute Gasteiger partial charge is 0.274 e. The summed E-state index contributed by atoms with van der Waals surface area (Å²) in [6.45, 7) is 5.56. The first kappa shape index (κ1) is 13.8. The molecular formula is C17H21N3O2. The molecule has 1 saturated heterocycles. The van der Waals surface area contributed by atoms with E-state index in [4.69, 9.17) is 4.74 Å². The van der Waals surface area contributed by atoms with Crippen LogP contribution in [0.2, 0.25) is 0 Å². The minimum absolute atomic E-state index is 0.0728. The minimum Gasteiger partial charge on any atom is -0.378 e. The molecule has 5 heteroatoms. The van der Waals surface area contributed by atoms with Crippen LogP contribution in [0.5, 0.6) is 0 Å². The Hall–Kier alpha value is -1.88. The van der Waals surface area contributed by atoms with Crippen LogP contribution in [0.4, 0.5) is 0 Å². The SMILES string of the molecule is CCO[C@H]1CC2CC1CN2C(=O)c1nc2ccccn2c1C. The van der Waals surface area contributed by atoms with Gasteiger partial charge < -0.3 is 14.0 Å². The molecule has 1 aliphatic heterocycles. The molecule has 116 valence electrons. The lowest BCUT2D eigenvalue weighted by Crippen LogP contribution is -2.42. The number of aryl methyl sites for hydroxylation is 1. The molecular weight excluding hydrogens is 278 g/mol. The fraction of sp³-hybridized carbons (Fsp3) is 0.529. The molecule has 0 radical (unpaired) electrons. The van der Waals surface area contributed by atoms with Crippen LogP contribution in [0.15, 0.2) is 24.4 Å². The Morgan fingerprint density at radius 3 is 2.95 bits per heavy atom. The van der Waals surface area contributed by atoms with Crippen LogP contribution in [0.25, 0.3) is 5.65 Å². The lowest BCUT2D eigenvalue weighted by atomic mass is 10.1. The summed E-state index contributed by atoms with van der Waals surface area (Å²) < 4.78 is 7.76. The van der Waals surface area contributed by atoms with Gasteiger partial charge in [0.05, 0.1) is 11.8 Å². The van der Waals surface area contributed by atoms with Crippen LogP contribution in [0.1, 0.15) is 35.9 Å². The molecule has 1 saturated carbocycles. The zero-order valence-corrected chi connectivity index (χ0v) is 13.0.